The Kier molecular flexibility index (Phi) is 7.93. The van der Waals surface area contributed by atoms with Crippen molar-refractivity contribution < 1.29 is 19.1 Å². The Hall–Kier alpha value is -2.25. The Morgan fingerprint density at radius 2 is 1.62 bits per heavy atom. The van der Waals surface area contributed by atoms with Crippen LogP contribution < -0.4 is 20.3 Å². The number of hydrazine groups is 1. The van der Waals surface area contributed by atoms with Gasteiger partial charge in [0.1, 0.15) is 11.5 Å². The maximum atomic E-state index is 12.0. The first kappa shape index (κ1) is 23.0. The molecule has 29 heavy (non-hydrogen) atoms. The van der Waals surface area contributed by atoms with Crippen molar-refractivity contribution in [2.24, 2.45) is 0 Å². The number of nitrogens with one attached hydrogen (secondary N) is 2. The molecule has 0 saturated heterocycles. The van der Waals surface area contributed by atoms with E-state index in [1.807, 2.05) is 19.1 Å². The van der Waals surface area contributed by atoms with Crippen molar-refractivity contribution >= 4 is 39.3 Å². The minimum Gasteiger partial charge on any atom is -0.484 e. The number of amides is 2. The van der Waals surface area contributed by atoms with Crippen LogP contribution in [0.4, 0.5) is 0 Å². The van der Waals surface area contributed by atoms with E-state index in [0.717, 1.165) is 15.6 Å². The third-order valence-electron chi connectivity index (χ3n) is 3.95. The quantitative estimate of drug-likeness (QED) is 0.600. The first-order valence-electron chi connectivity index (χ1n) is 8.95. The lowest BCUT2D eigenvalue weighted by atomic mass is 9.86. The van der Waals surface area contributed by atoms with Gasteiger partial charge in [0, 0.05) is 15.1 Å². The number of hydrogen-bond donors (Lipinski definition) is 2. The topological polar surface area (TPSA) is 76.7 Å². The fraction of sp³-hybridized carbons (Fsp3) is 0.333. The normalized spacial score (nSPS) is 11.0. The van der Waals surface area contributed by atoms with Gasteiger partial charge in [-0.1, -0.05) is 48.3 Å². The summed E-state index contributed by atoms with van der Waals surface area (Å²) < 4.78 is 11.9. The Morgan fingerprint density at radius 1 is 1.00 bits per heavy atom. The number of carbonyl (C=O) groups excluding carboxylic acids is 2. The van der Waals surface area contributed by atoms with E-state index in [0.29, 0.717) is 16.5 Å². The van der Waals surface area contributed by atoms with Crippen molar-refractivity contribution in [3.63, 3.8) is 0 Å². The third kappa shape index (κ3) is 7.25. The number of rotatable bonds is 6. The average molecular weight is 484 g/mol. The van der Waals surface area contributed by atoms with E-state index in [4.69, 9.17) is 21.1 Å². The lowest BCUT2D eigenvalue weighted by Gasteiger charge is -2.23. The molecule has 0 fully saturated rings. The van der Waals surface area contributed by atoms with Crippen LogP contribution in [0.2, 0.25) is 5.02 Å². The molecule has 6 nitrogen and oxygen atoms in total. The van der Waals surface area contributed by atoms with Crippen LogP contribution in [-0.2, 0) is 15.0 Å². The first-order chi connectivity index (χ1) is 13.6. The molecule has 0 aromatic heterocycles. The molecule has 2 aromatic carbocycles. The van der Waals surface area contributed by atoms with Gasteiger partial charge >= 0.3 is 0 Å². The highest BCUT2D eigenvalue weighted by molar-refractivity contribution is 9.10. The molecule has 0 aliphatic rings. The molecule has 2 amide bonds. The summed E-state index contributed by atoms with van der Waals surface area (Å²) in [5.41, 5.74) is 6.26. The third-order valence-corrected chi connectivity index (χ3v) is 4.87. The van der Waals surface area contributed by atoms with Gasteiger partial charge in [0.15, 0.2) is 13.2 Å². The number of carbonyl (C=O) groups is 2. The Balaban J connectivity index is 1.80. The number of hydrogen-bond acceptors (Lipinski definition) is 4. The van der Waals surface area contributed by atoms with Crippen LogP contribution in [0.25, 0.3) is 0 Å². The molecule has 8 heteroatoms. The maximum absolute atomic E-state index is 12.0. The van der Waals surface area contributed by atoms with E-state index in [-0.39, 0.29) is 18.6 Å². The van der Waals surface area contributed by atoms with Gasteiger partial charge in [-0.25, -0.2) is 0 Å². The predicted octanol–water partition coefficient (Wildman–Crippen LogP) is 4.31. The van der Waals surface area contributed by atoms with Crippen LogP contribution in [0.3, 0.4) is 0 Å². The molecule has 0 saturated carbocycles. The van der Waals surface area contributed by atoms with E-state index in [1.165, 1.54) is 0 Å². The number of aryl methyl sites for hydroxylation is 1. The minimum absolute atomic E-state index is 0.152. The molecule has 0 atom stereocenters. The summed E-state index contributed by atoms with van der Waals surface area (Å²) in [5, 5.41) is 0.620. The molecule has 0 heterocycles. The fourth-order valence-corrected chi connectivity index (χ4v) is 2.90. The highest BCUT2D eigenvalue weighted by Gasteiger charge is 2.20. The zero-order chi connectivity index (χ0) is 21.6. The van der Waals surface area contributed by atoms with Crippen molar-refractivity contribution in [3.05, 3.63) is 57.0 Å². The van der Waals surface area contributed by atoms with E-state index < -0.39 is 11.8 Å². The smallest absolute Gasteiger partial charge is 0.276 e. The molecule has 0 radical (unpaired) electrons. The van der Waals surface area contributed by atoms with Crippen LogP contribution >= 0.6 is 27.5 Å². The van der Waals surface area contributed by atoms with Gasteiger partial charge in [-0.05, 0) is 54.3 Å². The molecule has 2 rings (SSSR count). The van der Waals surface area contributed by atoms with Gasteiger partial charge in [-0.3, -0.25) is 20.4 Å². The molecular formula is C21H24BrClN2O4. The van der Waals surface area contributed by atoms with Crippen LogP contribution in [-0.4, -0.2) is 25.0 Å². The van der Waals surface area contributed by atoms with E-state index in [9.17, 15) is 9.59 Å². The molecule has 0 unspecified atom stereocenters. The predicted molar refractivity (Wildman–Crippen MR) is 116 cm³/mol. The largest absolute Gasteiger partial charge is 0.484 e. The molecular weight excluding hydrogens is 460 g/mol. The Labute approximate surface area is 184 Å². The molecule has 0 aliphatic carbocycles. The Morgan fingerprint density at radius 3 is 2.21 bits per heavy atom. The van der Waals surface area contributed by atoms with Crippen LogP contribution in [0.5, 0.6) is 11.5 Å². The summed E-state index contributed by atoms with van der Waals surface area (Å²) in [7, 11) is 0. The van der Waals surface area contributed by atoms with E-state index in [1.54, 1.807) is 24.3 Å². The van der Waals surface area contributed by atoms with E-state index >= 15 is 0 Å². The summed E-state index contributed by atoms with van der Waals surface area (Å²) in [5.74, 6) is 0.152. The minimum atomic E-state index is -0.495. The number of halogens is 2. The zero-order valence-electron chi connectivity index (χ0n) is 16.8. The SMILES string of the molecule is Cc1cc(OCC(=O)NNC(=O)COc2ccc(Br)cc2C(C)(C)C)ccc1Cl. The highest BCUT2D eigenvalue weighted by Crippen LogP contribution is 2.33. The first-order valence-corrected chi connectivity index (χ1v) is 10.1. The van der Waals surface area contributed by atoms with Gasteiger partial charge in [0.25, 0.3) is 11.8 Å². The van der Waals surface area contributed by atoms with Gasteiger partial charge in [0.05, 0.1) is 0 Å². The maximum Gasteiger partial charge on any atom is 0.276 e. The Bertz CT molecular complexity index is 897. The average Bonchev–Trinajstić information content (AvgIpc) is 2.65. The monoisotopic (exact) mass is 482 g/mol. The lowest BCUT2D eigenvalue weighted by Crippen LogP contribution is -2.45. The second-order valence-corrected chi connectivity index (χ2v) is 8.80. The molecule has 156 valence electrons. The van der Waals surface area contributed by atoms with Crippen molar-refractivity contribution in [2.45, 2.75) is 33.1 Å². The van der Waals surface area contributed by atoms with Gasteiger partial charge in [-0.15, -0.1) is 0 Å². The summed E-state index contributed by atoms with van der Waals surface area (Å²) >= 11 is 9.40. The molecule has 2 N–H and O–H groups in total. The highest BCUT2D eigenvalue weighted by atomic mass is 79.9. The summed E-state index contributed by atoms with van der Waals surface area (Å²) in [6.45, 7) is 7.54. The van der Waals surface area contributed by atoms with E-state index in [2.05, 4.69) is 47.6 Å². The molecule has 0 bridgehead atoms. The molecule has 0 spiro atoms. The van der Waals surface area contributed by atoms with Crippen LogP contribution in [0.1, 0.15) is 31.9 Å². The molecule has 2 aromatic rings. The summed E-state index contributed by atoms with van der Waals surface area (Å²) in [6.07, 6.45) is 0. The van der Waals surface area contributed by atoms with Crippen LogP contribution in [0, 0.1) is 6.92 Å². The van der Waals surface area contributed by atoms with Crippen LogP contribution in [0.15, 0.2) is 40.9 Å². The van der Waals surface area contributed by atoms with Gasteiger partial charge in [0.2, 0.25) is 0 Å². The second kappa shape index (κ2) is 9.98. The molecule has 0 aliphatic heterocycles. The van der Waals surface area contributed by atoms with Crippen molar-refractivity contribution in [3.8, 4) is 11.5 Å². The van der Waals surface area contributed by atoms with Gasteiger partial charge in [-0.2, -0.15) is 0 Å². The number of ether oxygens (including phenoxy) is 2. The van der Waals surface area contributed by atoms with Crippen molar-refractivity contribution in [1.82, 2.24) is 10.9 Å². The summed E-state index contributed by atoms with van der Waals surface area (Å²) in [4.78, 5) is 23.8. The van der Waals surface area contributed by atoms with Gasteiger partial charge < -0.3 is 9.47 Å². The fourth-order valence-electron chi connectivity index (χ4n) is 2.42. The summed E-state index contributed by atoms with van der Waals surface area (Å²) in [6, 6.07) is 10.7. The van der Waals surface area contributed by atoms with Crippen molar-refractivity contribution in [1.29, 1.82) is 0 Å². The second-order valence-electron chi connectivity index (χ2n) is 7.48. The standard InChI is InChI=1S/C21H24BrClN2O4/c1-13-9-15(6-7-17(13)23)28-11-19(26)24-25-20(27)12-29-18-8-5-14(22)10-16(18)21(2,3)4/h5-10H,11-12H2,1-4H3,(H,24,26)(H,25,27). The van der Waals surface area contributed by atoms with Crippen molar-refractivity contribution in [2.75, 3.05) is 13.2 Å². The lowest BCUT2D eigenvalue weighted by molar-refractivity contribution is -0.131. The zero-order valence-corrected chi connectivity index (χ0v) is 19.1. The number of benzene rings is 2.